The number of hydrogen-bond donors (Lipinski definition) is 2. The summed E-state index contributed by atoms with van der Waals surface area (Å²) in [6.07, 6.45) is 0. The molecule has 0 radical (unpaired) electrons. The molecule has 4 N–H and O–H groups in total. The van der Waals surface area contributed by atoms with Gasteiger partial charge in [-0.25, -0.2) is 0 Å². The first-order valence-electron chi connectivity index (χ1n) is 7.70. The van der Waals surface area contributed by atoms with Gasteiger partial charge < -0.3 is 16.2 Å². The molecule has 0 aromatic heterocycles. The number of nitrogen functional groups attached to an aromatic ring is 1. The van der Waals surface area contributed by atoms with Crippen LogP contribution in [0.3, 0.4) is 0 Å². The second kappa shape index (κ2) is 9.13. The second-order valence-electron chi connectivity index (χ2n) is 5.46. The molecule has 4 nitrogen and oxygen atoms in total. The minimum Gasteiger partial charge on any atom is -0.457 e. The maximum Gasteiger partial charge on any atom is 0.248 e. The van der Waals surface area contributed by atoms with Gasteiger partial charge in [0.1, 0.15) is 11.5 Å². The van der Waals surface area contributed by atoms with Crippen LogP contribution in [0.4, 0.5) is 5.69 Å². The summed E-state index contributed by atoms with van der Waals surface area (Å²) >= 11 is 11.2. The number of anilines is 1. The van der Waals surface area contributed by atoms with Gasteiger partial charge in [0, 0.05) is 21.3 Å². The summed E-state index contributed by atoms with van der Waals surface area (Å²) in [4.78, 5) is 11.1. The van der Waals surface area contributed by atoms with Crippen molar-refractivity contribution in [3.63, 3.8) is 0 Å². The molecule has 0 aliphatic heterocycles. The van der Waals surface area contributed by atoms with E-state index < -0.39 is 5.91 Å². The van der Waals surface area contributed by atoms with Crippen LogP contribution in [0, 0.1) is 6.92 Å². The number of benzene rings is 3. The molecule has 0 aliphatic rings. The monoisotopic (exact) mass is 388 g/mol. The van der Waals surface area contributed by atoms with Crippen molar-refractivity contribution in [1.29, 1.82) is 0 Å². The Labute approximate surface area is 162 Å². The highest BCUT2D eigenvalue weighted by Gasteiger charge is 2.06. The van der Waals surface area contributed by atoms with Crippen molar-refractivity contribution in [3.05, 3.63) is 87.9 Å². The summed E-state index contributed by atoms with van der Waals surface area (Å²) in [6, 6.07) is 19.6. The van der Waals surface area contributed by atoms with E-state index in [1.807, 2.05) is 37.3 Å². The number of ether oxygens (including phenoxy) is 1. The Bertz CT molecular complexity index is 849. The van der Waals surface area contributed by atoms with E-state index in [1.165, 1.54) is 0 Å². The third kappa shape index (κ3) is 5.99. The van der Waals surface area contributed by atoms with Crippen LogP contribution in [0.5, 0.6) is 11.5 Å². The van der Waals surface area contributed by atoms with E-state index in [1.54, 1.807) is 36.4 Å². The van der Waals surface area contributed by atoms with Crippen LogP contribution in [0.25, 0.3) is 0 Å². The minimum atomic E-state index is -0.422. The molecule has 0 spiro atoms. The molecular formula is C20H18Cl2N2O2. The number of para-hydroxylation sites is 1. The summed E-state index contributed by atoms with van der Waals surface area (Å²) in [7, 11) is 0. The Hall–Kier alpha value is -2.69. The van der Waals surface area contributed by atoms with Crippen molar-refractivity contribution in [2.24, 2.45) is 5.73 Å². The van der Waals surface area contributed by atoms with Crippen LogP contribution in [0.1, 0.15) is 15.9 Å². The van der Waals surface area contributed by atoms with Gasteiger partial charge in [-0.2, -0.15) is 0 Å². The number of primary amides is 1. The van der Waals surface area contributed by atoms with Crippen LogP contribution >= 0.6 is 23.2 Å². The molecule has 0 saturated carbocycles. The van der Waals surface area contributed by atoms with Crippen molar-refractivity contribution < 1.29 is 9.53 Å². The topological polar surface area (TPSA) is 78.3 Å². The highest BCUT2D eigenvalue weighted by Crippen LogP contribution is 2.23. The third-order valence-electron chi connectivity index (χ3n) is 3.33. The van der Waals surface area contributed by atoms with E-state index in [0.29, 0.717) is 27.0 Å². The number of amides is 1. The first-order chi connectivity index (χ1) is 12.3. The number of hydrogen-bond acceptors (Lipinski definition) is 3. The average Bonchev–Trinajstić information content (AvgIpc) is 2.55. The summed E-state index contributed by atoms with van der Waals surface area (Å²) < 4.78 is 5.64. The number of rotatable bonds is 3. The van der Waals surface area contributed by atoms with Crippen LogP contribution in [0.2, 0.25) is 10.0 Å². The smallest absolute Gasteiger partial charge is 0.248 e. The largest absolute Gasteiger partial charge is 0.457 e. The lowest BCUT2D eigenvalue weighted by Crippen LogP contribution is -2.12. The molecule has 0 aliphatic carbocycles. The number of aryl methyl sites for hydroxylation is 1. The number of carbonyl (C=O) groups excluding carboxylic acids is 1. The fourth-order valence-corrected chi connectivity index (χ4v) is 2.72. The Morgan fingerprint density at radius 1 is 0.885 bits per heavy atom. The lowest BCUT2D eigenvalue weighted by atomic mass is 10.1. The molecule has 0 saturated heterocycles. The van der Waals surface area contributed by atoms with E-state index in [0.717, 1.165) is 11.3 Å². The first-order valence-corrected chi connectivity index (χ1v) is 8.45. The van der Waals surface area contributed by atoms with Gasteiger partial charge in [-0.05, 0) is 61.0 Å². The Morgan fingerprint density at radius 2 is 1.50 bits per heavy atom. The predicted molar refractivity (Wildman–Crippen MR) is 107 cm³/mol. The second-order valence-corrected chi connectivity index (χ2v) is 6.33. The van der Waals surface area contributed by atoms with Gasteiger partial charge in [0.05, 0.1) is 0 Å². The van der Waals surface area contributed by atoms with Gasteiger partial charge in [-0.3, -0.25) is 4.79 Å². The van der Waals surface area contributed by atoms with Crippen LogP contribution < -0.4 is 16.2 Å². The number of halogens is 2. The van der Waals surface area contributed by atoms with E-state index >= 15 is 0 Å². The van der Waals surface area contributed by atoms with Crippen molar-refractivity contribution in [2.45, 2.75) is 6.92 Å². The van der Waals surface area contributed by atoms with Crippen LogP contribution in [-0.2, 0) is 0 Å². The molecule has 0 bridgehead atoms. The van der Waals surface area contributed by atoms with Crippen LogP contribution in [0.15, 0.2) is 66.7 Å². The summed E-state index contributed by atoms with van der Waals surface area (Å²) in [6.45, 7) is 1.83. The molecule has 26 heavy (non-hydrogen) atoms. The SMILES string of the molecule is Cc1cc(Oc2ccccc2)ccc1C(N)=O.Nc1cc(Cl)cc(Cl)c1. The van der Waals surface area contributed by atoms with E-state index in [-0.39, 0.29) is 0 Å². The highest BCUT2D eigenvalue weighted by molar-refractivity contribution is 6.35. The maximum atomic E-state index is 11.1. The molecule has 0 unspecified atom stereocenters. The molecule has 134 valence electrons. The normalized spacial score (nSPS) is 9.81. The van der Waals surface area contributed by atoms with E-state index in [9.17, 15) is 4.79 Å². The zero-order chi connectivity index (χ0) is 19.1. The molecule has 0 heterocycles. The Balaban J connectivity index is 0.000000228. The first kappa shape index (κ1) is 19.6. The predicted octanol–water partition coefficient (Wildman–Crippen LogP) is 5.46. The minimum absolute atomic E-state index is 0.422. The molecule has 0 atom stereocenters. The van der Waals surface area contributed by atoms with Crippen molar-refractivity contribution >= 4 is 34.8 Å². The van der Waals surface area contributed by atoms with Crippen molar-refractivity contribution in [3.8, 4) is 11.5 Å². The molecular weight excluding hydrogens is 371 g/mol. The fourth-order valence-electron chi connectivity index (χ4n) is 2.18. The Kier molecular flexibility index (Phi) is 6.89. The number of carbonyl (C=O) groups is 1. The van der Waals surface area contributed by atoms with Gasteiger partial charge in [0.15, 0.2) is 0 Å². The molecule has 3 rings (SSSR count). The third-order valence-corrected chi connectivity index (χ3v) is 3.76. The quantitative estimate of drug-likeness (QED) is 0.584. The Morgan fingerprint density at radius 3 is 2.00 bits per heavy atom. The zero-order valence-corrected chi connectivity index (χ0v) is 15.6. The fraction of sp³-hybridized carbons (Fsp3) is 0.0500. The zero-order valence-electron chi connectivity index (χ0n) is 14.1. The standard InChI is InChI=1S/C14H13NO2.C6H5Cl2N/c1-10-9-12(7-8-13(10)14(15)16)17-11-5-3-2-4-6-11;7-4-1-5(8)3-6(9)2-4/h2-9H,1H3,(H2,15,16);1-3H,9H2. The van der Waals surface area contributed by atoms with Gasteiger partial charge >= 0.3 is 0 Å². The van der Waals surface area contributed by atoms with E-state index in [2.05, 4.69) is 0 Å². The van der Waals surface area contributed by atoms with Crippen molar-refractivity contribution in [1.82, 2.24) is 0 Å². The summed E-state index contributed by atoms with van der Waals surface area (Å²) in [5.74, 6) is 1.03. The van der Waals surface area contributed by atoms with Gasteiger partial charge in [0.2, 0.25) is 5.91 Å². The molecule has 0 fully saturated rings. The molecule has 3 aromatic carbocycles. The summed E-state index contributed by atoms with van der Waals surface area (Å²) in [5, 5.41) is 1.14. The van der Waals surface area contributed by atoms with Gasteiger partial charge in [0.25, 0.3) is 0 Å². The van der Waals surface area contributed by atoms with Crippen molar-refractivity contribution in [2.75, 3.05) is 5.73 Å². The lowest BCUT2D eigenvalue weighted by molar-refractivity contribution is 0.0999. The molecule has 1 amide bonds. The molecule has 6 heteroatoms. The van der Waals surface area contributed by atoms with E-state index in [4.69, 9.17) is 39.4 Å². The summed E-state index contributed by atoms with van der Waals surface area (Å²) in [5.41, 5.74) is 12.5. The average molecular weight is 389 g/mol. The molecule has 3 aromatic rings. The van der Waals surface area contributed by atoms with Gasteiger partial charge in [-0.15, -0.1) is 0 Å². The van der Waals surface area contributed by atoms with Gasteiger partial charge in [-0.1, -0.05) is 41.4 Å². The highest BCUT2D eigenvalue weighted by atomic mass is 35.5. The maximum absolute atomic E-state index is 11.1. The number of nitrogens with two attached hydrogens (primary N) is 2. The lowest BCUT2D eigenvalue weighted by Gasteiger charge is -2.08. The van der Waals surface area contributed by atoms with Crippen LogP contribution in [-0.4, -0.2) is 5.91 Å².